The van der Waals surface area contributed by atoms with E-state index in [1.807, 2.05) is 13.0 Å². The van der Waals surface area contributed by atoms with Gasteiger partial charge < -0.3 is 0 Å². The number of aryl methyl sites for hydroxylation is 11. The van der Waals surface area contributed by atoms with E-state index in [-0.39, 0.29) is 0 Å². The van der Waals surface area contributed by atoms with E-state index >= 15 is 0 Å². The molecule has 0 heterocycles. The maximum atomic E-state index is 2.21. The molecule has 6 rings (SSSR count). The SMILES string of the molecule is CC=Cc1ccc(C)cc1.CCCc1ccc(C)cc1.CCCc1ccc(C)cc1.CCc1ccc(C)cc1.CCc1ccc(C)cc1.CCc1ccc(CC)cc1. The van der Waals surface area contributed by atoms with Crippen LogP contribution in [0.3, 0.4) is 0 Å². The minimum Gasteiger partial charge on any atom is -0.0871 e. The van der Waals surface area contributed by atoms with E-state index in [0.29, 0.717) is 0 Å². The molecule has 6 aromatic carbocycles. The van der Waals surface area contributed by atoms with Gasteiger partial charge in [0.2, 0.25) is 0 Å². The molecule has 0 fully saturated rings. The van der Waals surface area contributed by atoms with Crippen molar-refractivity contribution in [3.8, 4) is 0 Å². The van der Waals surface area contributed by atoms with Crippen molar-refractivity contribution in [3.05, 3.63) is 218 Å². The Morgan fingerprint density at radius 3 is 0.707 bits per heavy atom. The van der Waals surface area contributed by atoms with Gasteiger partial charge in [0.1, 0.15) is 0 Å². The molecule has 0 saturated heterocycles. The van der Waals surface area contributed by atoms with Crippen LogP contribution in [0, 0.1) is 34.6 Å². The number of benzene rings is 6. The van der Waals surface area contributed by atoms with Crippen LogP contribution >= 0.6 is 0 Å². The van der Waals surface area contributed by atoms with Crippen molar-refractivity contribution < 1.29 is 0 Å². The number of hydrogen-bond donors (Lipinski definition) is 0. The molecule has 0 radical (unpaired) electrons. The van der Waals surface area contributed by atoms with E-state index < -0.39 is 0 Å². The van der Waals surface area contributed by atoms with Crippen LogP contribution in [0.25, 0.3) is 6.08 Å². The summed E-state index contributed by atoms with van der Waals surface area (Å²) >= 11 is 0. The van der Waals surface area contributed by atoms with Crippen molar-refractivity contribution >= 4 is 6.08 Å². The summed E-state index contributed by atoms with van der Waals surface area (Å²) in [7, 11) is 0. The largest absolute Gasteiger partial charge is 0.0871 e. The van der Waals surface area contributed by atoms with E-state index in [2.05, 4.69) is 228 Å². The van der Waals surface area contributed by atoms with Crippen molar-refractivity contribution in [1.29, 1.82) is 0 Å². The molecular formula is C58H78. The summed E-state index contributed by atoms with van der Waals surface area (Å²) in [6, 6.07) is 52.1. The van der Waals surface area contributed by atoms with Gasteiger partial charge >= 0.3 is 0 Å². The lowest BCUT2D eigenvalue weighted by Crippen LogP contribution is -1.81. The molecule has 0 amide bonds. The van der Waals surface area contributed by atoms with Crippen LogP contribution < -0.4 is 0 Å². The Balaban J connectivity index is 0.000000348. The van der Waals surface area contributed by atoms with Crippen molar-refractivity contribution in [2.24, 2.45) is 0 Å². The third-order valence-corrected chi connectivity index (χ3v) is 9.65. The molecule has 310 valence electrons. The lowest BCUT2D eigenvalue weighted by molar-refractivity contribution is 0.921. The van der Waals surface area contributed by atoms with Gasteiger partial charge in [0.05, 0.1) is 0 Å². The monoisotopic (exact) mass is 775 g/mol. The lowest BCUT2D eigenvalue weighted by Gasteiger charge is -1.97. The standard InChI is InChI=1S/2C10H14.C10H12.C10H14.2C9H12/c3*1-3-4-10-7-5-9(2)6-8-10;1-3-9-5-7-10(4-2)8-6-9;2*1-3-9-6-4-8(2)5-7-9/h2*5-8H,3-4H2,1-2H3;3-8H,1-2H3;5-8H,3-4H2,1-2H3;2*4-7H,3H2,1-2H3. The fourth-order valence-corrected chi connectivity index (χ4v) is 5.62. The average molecular weight is 775 g/mol. The molecule has 0 aliphatic rings. The Hall–Kier alpha value is -4.94. The fourth-order valence-electron chi connectivity index (χ4n) is 5.62. The van der Waals surface area contributed by atoms with Crippen LogP contribution in [-0.4, -0.2) is 0 Å². The molecule has 0 atom stereocenters. The molecule has 58 heavy (non-hydrogen) atoms. The van der Waals surface area contributed by atoms with Gasteiger partial charge in [-0.1, -0.05) is 240 Å². The second-order valence-corrected chi connectivity index (χ2v) is 15.1. The summed E-state index contributed by atoms with van der Waals surface area (Å²) in [5, 5.41) is 0. The van der Waals surface area contributed by atoms with Gasteiger partial charge in [-0.05, 0) is 119 Å². The van der Waals surface area contributed by atoms with Gasteiger partial charge in [0.15, 0.2) is 0 Å². The van der Waals surface area contributed by atoms with Gasteiger partial charge in [-0.15, -0.1) is 0 Å². The Kier molecular flexibility index (Phi) is 28.2. The maximum absolute atomic E-state index is 2.21. The maximum Gasteiger partial charge on any atom is -0.0260 e. The van der Waals surface area contributed by atoms with Crippen LogP contribution in [-0.2, 0) is 38.5 Å². The van der Waals surface area contributed by atoms with Crippen LogP contribution in [0.15, 0.2) is 152 Å². The summed E-state index contributed by atoms with van der Waals surface area (Å²) in [6.07, 6.45) is 13.6. The third-order valence-electron chi connectivity index (χ3n) is 9.65. The fraction of sp³-hybridized carbons (Fsp3) is 0.345. The van der Waals surface area contributed by atoms with Crippen molar-refractivity contribution in [1.82, 2.24) is 0 Å². The number of rotatable bonds is 9. The van der Waals surface area contributed by atoms with Crippen molar-refractivity contribution in [2.45, 2.75) is 134 Å². The first kappa shape index (κ1) is 51.1. The summed E-state index contributed by atoms with van der Waals surface area (Å²) in [6.45, 7) is 25.7. The predicted molar refractivity (Wildman–Crippen MR) is 263 cm³/mol. The summed E-state index contributed by atoms with van der Waals surface area (Å²) < 4.78 is 0. The zero-order valence-corrected chi connectivity index (χ0v) is 38.7. The zero-order chi connectivity index (χ0) is 43.0. The van der Waals surface area contributed by atoms with Crippen LogP contribution in [0.5, 0.6) is 0 Å². The van der Waals surface area contributed by atoms with Crippen molar-refractivity contribution in [3.63, 3.8) is 0 Å². The van der Waals surface area contributed by atoms with E-state index in [1.165, 1.54) is 92.4 Å². The molecule has 6 aromatic rings. The van der Waals surface area contributed by atoms with E-state index in [4.69, 9.17) is 0 Å². The normalized spacial score (nSPS) is 9.86. The van der Waals surface area contributed by atoms with E-state index in [0.717, 1.165) is 25.7 Å². The molecular weight excluding hydrogens is 697 g/mol. The summed E-state index contributed by atoms with van der Waals surface area (Å²) in [5.41, 5.74) is 16.6. The van der Waals surface area contributed by atoms with Crippen LogP contribution in [0.1, 0.15) is 128 Å². The van der Waals surface area contributed by atoms with E-state index in [9.17, 15) is 0 Å². The number of hydrogen-bond acceptors (Lipinski definition) is 0. The molecule has 0 N–H and O–H groups in total. The zero-order valence-electron chi connectivity index (χ0n) is 38.7. The molecule has 0 aliphatic carbocycles. The van der Waals surface area contributed by atoms with Crippen molar-refractivity contribution in [2.75, 3.05) is 0 Å². The van der Waals surface area contributed by atoms with Gasteiger partial charge in [0, 0.05) is 0 Å². The van der Waals surface area contributed by atoms with Gasteiger partial charge in [0.25, 0.3) is 0 Å². The molecule has 0 unspecified atom stereocenters. The Labute approximate surface area is 357 Å². The molecule has 0 aromatic heterocycles. The Morgan fingerprint density at radius 1 is 0.293 bits per heavy atom. The smallest absolute Gasteiger partial charge is 0.0260 e. The Morgan fingerprint density at radius 2 is 0.500 bits per heavy atom. The molecule has 0 spiro atoms. The lowest BCUT2D eigenvalue weighted by atomic mass is 10.1. The first-order chi connectivity index (χ1) is 28.0. The minimum atomic E-state index is 1.14. The molecule has 0 bridgehead atoms. The minimum absolute atomic E-state index is 1.14. The Bertz CT molecular complexity index is 1740. The highest BCUT2D eigenvalue weighted by Crippen LogP contribution is 2.08. The van der Waals surface area contributed by atoms with Crippen LogP contribution in [0.2, 0.25) is 0 Å². The predicted octanol–water partition coefficient (Wildman–Crippen LogP) is 16.8. The quantitative estimate of drug-likeness (QED) is 0.137. The second kappa shape index (κ2) is 32.1. The third kappa shape index (κ3) is 24.6. The highest BCUT2D eigenvalue weighted by atomic mass is 14.0. The first-order valence-corrected chi connectivity index (χ1v) is 22.0. The second-order valence-electron chi connectivity index (χ2n) is 15.1. The van der Waals surface area contributed by atoms with Gasteiger partial charge in [-0.3, -0.25) is 0 Å². The van der Waals surface area contributed by atoms with E-state index in [1.54, 1.807) is 0 Å². The summed E-state index contributed by atoms with van der Waals surface area (Å²) in [4.78, 5) is 0. The molecule has 0 aliphatic heterocycles. The van der Waals surface area contributed by atoms with Gasteiger partial charge in [-0.25, -0.2) is 0 Å². The topological polar surface area (TPSA) is 0 Å². The molecule has 0 nitrogen and oxygen atoms in total. The van der Waals surface area contributed by atoms with Gasteiger partial charge in [-0.2, -0.15) is 0 Å². The number of allylic oxidation sites excluding steroid dienone is 1. The van der Waals surface area contributed by atoms with Crippen LogP contribution in [0.4, 0.5) is 0 Å². The highest BCUT2D eigenvalue weighted by Gasteiger charge is 1.91. The summed E-state index contributed by atoms with van der Waals surface area (Å²) in [5.74, 6) is 0. The average Bonchev–Trinajstić information content (AvgIpc) is 3.25. The highest BCUT2D eigenvalue weighted by molar-refractivity contribution is 5.49. The molecule has 0 heteroatoms. The molecule has 0 saturated carbocycles. The first-order valence-electron chi connectivity index (χ1n) is 22.0.